The first-order valence-electron chi connectivity index (χ1n) is 13.6. The quantitative estimate of drug-likeness (QED) is 0.0383. The number of oxime groups is 1. The van der Waals surface area contributed by atoms with Crippen LogP contribution in [0.3, 0.4) is 0 Å². The molecule has 2 fully saturated rings. The molecule has 12 N–H and O–H groups in total. The van der Waals surface area contributed by atoms with Crippen LogP contribution in [0.2, 0.25) is 0 Å². The molecule has 3 atom stereocenters. The maximum Gasteiger partial charge on any atom is 0.340 e. The zero-order chi connectivity index (χ0) is 35.3. The molecule has 0 saturated carbocycles. The fourth-order valence-electron chi connectivity index (χ4n) is 4.33. The summed E-state index contributed by atoms with van der Waals surface area (Å²) in [5.74, 6) is -5.09. The Morgan fingerprint density at radius 3 is 2.60 bits per heavy atom. The molecular formula is C25H27N11O10S4. The number of hydrogen-bond donors (Lipinski definition) is 9. The second-order valence-electron chi connectivity index (χ2n) is 10.1. The molecule has 4 heterocycles. The van der Waals surface area contributed by atoms with Crippen LogP contribution >= 0.6 is 46.2 Å². The summed E-state index contributed by atoms with van der Waals surface area (Å²) in [7, 11) is 0. The number of thiazole rings is 1. The number of aliphatic carboxylic acids is 1. The standard InChI is InChI=1S/C25H24N10O10S4.H3N/c26-22-28-11(5-46-22)15(34-45-4-14(38)31-32-23(44)30-17(39)10-1-2-12(36)13(37)3-10)18(40)29-16-19(41)35-6-25(21(42)43,7-47-20(16)35)8-48-24-33-27-9-49-24;/h1-3,5,9,16,20,36-37H,4,6-8H2,(H2,26,28)(H,29,40)(H,31,38)(H,42,43)(H2,30,32,39,44);1H3/t16?,20-,25?;/m1./s1. The SMILES string of the molecule is N.Nc1nc(C(=NOCC(=O)NNC(=O)NC(=O)c2ccc(O)c(O)c2)C(=O)NC2C(=O)N3CC(CSc4nncs4)(C(=O)O)CS[C@H]23)cs1. The van der Waals surface area contributed by atoms with E-state index in [0.717, 1.165) is 29.5 Å². The monoisotopic (exact) mass is 769 g/mol. The van der Waals surface area contributed by atoms with Gasteiger partial charge in [-0.1, -0.05) is 28.3 Å². The lowest BCUT2D eigenvalue weighted by Crippen LogP contribution is -2.74. The molecule has 25 heteroatoms. The van der Waals surface area contributed by atoms with Gasteiger partial charge < -0.3 is 42.3 Å². The molecule has 0 spiro atoms. The number of thioether (sulfide) groups is 2. The number of phenols is 2. The van der Waals surface area contributed by atoms with Crippen molar-refractivity contribution in [3.63, 3.8) is 0 Å². The number of carboxylic acids is 1. The van der Waals surface area contributed by atoms with Crippen molar-refractivity contribution in [2.75, 3.05) is 30.4 Å². The third kappa shape index (κ3) is 8.48. The van der Waals surface area contributed by atoms with Crippen molar-refractivity contribution in [2.45, 2.75) is 15.8 Å². The number of aromatic nitrogens is 3. The number of nitrogens with two attached hydrogens (primary N) is 1. The van der Waals surface area contributed by atoms with Crippen molar-refractivity contribution in [3.05, 3.63) is 40.3 Å². The second-order valence-corrected chi connectivity index (χ2v) is 14.2. The van der Waals surface area contributed by atoms with Crippen molar-refractivity contribution in [2.24, 2.45) is 10.6 Å². The smallest absolute Gasteiger partial charge is 0.340 e. The first kappa shape index (κ1) is 37.6. The van der Waals surface area contributed by atoms with Gasteiger partial charge in [0.1, 0.15) is 28.0 Å². The highest BCUT2D eigenvalue weighted by Crippen LogP contribution is 2.44. The van der Waals surface area contributed by atoms with Gasteiger partial charge in [0, 0.05) is 29.0 Å². The van der Waals surface area contributed by atoms with E-state index in [-0.39, 0.29) is 40.6 Å². The number of imide groups is 1. The van der Waals surface area contributed by atoms with E-state index in [1.807, 2.05) is 16.2 Å². The van der Waals surface area contributed by atoms with Crippen LogP contribution in [0.15, 0.2) is 38.6 Å². The molecule has 2 aromatic heterocycles. The minimum absolute atomic E-state index is 0. The molecule has 266 valence electrons. The Morgan fingerprint density at radius 2 is 1.94 bits per heavy atom. The van der Waals surface area contributed by atoms with E-state index in [2.05, 4.69) is 25.7 Å². The lowest BCUT2D eigenvalue weighted by molar-refractivity contribution is -0.157. The molecular weight excluding hydrogens is 743 g/mol. The molecule has 0 bridgehead atoms. The van der Waals surface area contributed by atoms with Crippen molar-refractivity contribution in [3.8, 4) is 11.5 Å². The number of aromatic hydroxyl groups is 2. The molecule has 1 aromatic carbocycles. The maximum absolute atomic E-state index is 13.3. The fourth-order valence-corrected chi connectivity index (χ4v) is 8.23. The number of carbonyl (C=O) groups excluding carboxylic acids is 5. The lowest BCUT2D eigenvalue weighted by atomic mass is 9.89. The van der Waals surface area contributed by atoms with E-state index in [9.17, 15) is 44.1 Å². The Morgan fingerprint density at radius 1 is 1.16 bits per heavy atom. The zero-order valence-corrected chi connectivity index (χ0v) is 28.5. The zero-order valence-electron chi connectivity index (χ0n) is 25.2. The third-order valence-electron chi connectivity index (χ3n) is 6.81. The molecule has 50 heavy (non-hydrogen) atoms. The number of carbonyl (C=O) groups is 6. The Balaban J connectivity index is 0.00000562. The summed E-state index contributed by atoms with van der Waals surface area (Å²) in [6, 6.07) is 0.943. The van der Waals surface area contributed by atoms with Crippen LogP contribution in [-0.4, -0.2) is 113 Å². The number of urea groups is 1. The van der Waals surface area contributed by atoms with Crippen LogP contribution in [0.25, 0.3) is 0 Å². The van der Waals surface area contributed by atoms with Crippen molar-refractivity contribution >= 4 is 92.7 Å². The number of hydrogen-bond acceptors (Lipinski definition) is 19. The Kier molecular flexibility index (Phi) is 12.0. The second kappa shape index (κ2) is 16.0. The summed E-state index contributed by atoms with van der Waals surface area (Å²) in [6.07, 6.45) is 0. The van der Waals surface area contributed by atoms with Crippen LogP contribution in [0.1, 0.15) is 16.1 Å². The van der Waals surface area contributed by atoms with Gasteiger partial charge in [0.2, 0.25) is 5.91 Å². The average Bonchev–Trinajstić information content (AvgIpc) is 3.76. The highest BCUT2D eigenvalue weighted by atomic mass is 32.2. The van der Waals surface area contributed by atoms with Crippen molar-refractivity contribution < 1.29 is 48.9 Å². The molecule has 2 aliphatic heterocycles. The number of nitrogen functional groups attached to an aromatic ring is 1. The van der Waals surface area contributed by atoms with E-state index in [1.165, 1.54) is 50.7 Å². The van der Waals surface area contributed by atoms with E-state index in [0.29, 0.717) is 4.34 Å². The highest BCUT2D eigenvalue weighted by molar-refractivity contribution is 8.01. The summed E-state index contributed by atoms with van der Waals surface area (Å²) in [4.78, 5) is 85.3. The Labute approximate surface area is 297 Å². The number of phenolic OH excluding ortho intramolecular Hbond substituents is 2. The first-order valence-corrected chi connectivity index (χ1v) is 17.3. The number of fused-ring (bicyclic) bond motifs is 1. The van der Waals surface area contributed by atoms with Crippen molar-refractivity contribution in [1.29, 1.82) is 0 Å². The number of nitrogens with one attached hydrogen (secondary N) is 4. The predicted molar refractivity (Wildman–Crippen MR) is 179 cm³/mol. The van der Waals surface area contributed by atoms with E-state index < -0.39 is 76.3 Å². The molecule has 21 nitrogen and oxygen atoms in total. The number of rotatable bonds is 11. The number of benzene rings is 1. The molecule has 2 saturated heterocycles. The molecule has 6 amide bonds. The van der Waals surface area contributed by atoms with Gasteiger partial charge in [-0.15, -0.1) is 33.3 Å². The number of β-lactam (4-membered cyclic amide) rings is 1. The minimum Gasteiger partial charge on any atom is -0.504 e. The highest BCUT2D eigenvalue weighted by Gasteiger charge is 2.57. The summed E-state index contributed by atoms with van der Waals surface area (Å²) < 4.78 is 0.602. The van der Waals surface area contributed by atoms with Gasteiger partial charge in [-0.25, -0.2) is 15.2 Å². The summed E-state index contributed by atoms with van der Waals surface area (Å²) in [6.45, 7) is -0.892. The fraction of sp³-hybridized carbons (Fsp3) is 0.280. The number of anilines is 1. The van der Waals surface area contributed by atoms with Crippen LogP contribution in [0.5, 0.6) is 11.5 Å². The van der Waals surface area contributed by atoms with Gasteiger partial charge in [-0.2, -0.15) is 0 Å². The number of amides is 6. The minimum atomic E-state index is -1.25. The van der Waals surface area contributed by atoms with Gasteiger partial charge in [0.15, 0.2) is 33.3 Å². The normalized spacial score (nSPS) is 19.6. The van der Waals surface area contributed by atoms with Crippen molar-refractivity contribution in [1.82, 2.24) is 47.7 Å². The predicted octanol–water partition coefficient (Wildman–Crippen LogP) is -0.695. The molecule has 0 radical (unpaired) electrons. The first-order chi connectivity index (χ1) is 23.4. The lowest BCUT2D eigenvalue weighted by Gasteiger charge is -2.53. The van der Waals surface area contributed by atoms with E-state index in [1.54, 1.807) is 0 Å². The van der Waals surface area contributed by atoms with Crippen LogP contribution < -0.4 is 33.4 Å². The molecule has 3 aromatic rings. The largest absolute Gasteiger partial charge is 0.504 e. The Hall–Kier alpha value is -5.24. The summed E-state index contributed by atoms with van der Waals surface area (Å²) in [5, 5.41) is 45.6. The van der Waals surface area contributed by atoms with E-state index >= 15 is 0 Å². The van der Waals surface area contributed by atoms with Crippen LogP contribution in [0, 0.1) is 5.41 Å². The topological polar surface area (TPSA) is 336 Å². The summed E-state index contributed by atoms with van der Waals surface area (Å²) in [5.41, 5.74) is 9.24. The Bertz CT molecular complexity index is 1820. The number of hydrazine groups is 1. The molecule has 5 rings (SSSR count). The molecule has 2 aliphatic rings. The van der Waals surface area contributed by atoms with Gasteiger partial charge in [0.05, 0.1) is 0 Å². The van der Waals surface area contributed by atoms with E-state index in [4.69, 9.17) is 10.6 Å². The maximum atomic E-state index is 13.3. The van der Waals surface area contributed by atoms with Gasteiger partial charge >= 0.3 is 12.0 Å². The van der Waals surface area contributed by atoms with Gasteiger partial charge in [-0.05, 0) is 18.2 Å². The number of nitrogens with zero attached hydrogens (tertiary/aromatic N) is 5. The third-order valence-corrected chi connectivity index (χ3v) is 11.2. The number of carboxylic acid groups (broad SMARTS) is 1. The molecule has 0 aliphatic carbocycles. The molecule has 2 unspecified atom stereocenters. The van der Waals surface area contributed by atoms with Crippen LogP contribution in [-0.2, 0) is 24.0 Å². The van der Waals surface area contributed by atoms with Crippen LogP contribution in [0.4, 0.5) is 9.93 Å². The summed E-state index contributed by atoms with van der Waals surface area (Å²) >= 11 is 4.71. The van der Waals surface area contributed by atoms with Gasteiger partial charge in [0.25, 0.3) is 17.7 Å². The average molecular weight is 770 g/mol. The van der Waals surface area contributed by atoms with Gasteiger partial charge in [-0.3, -0.25) is 34.7 Å².